The Hall–Kier alpha value is -10.1. The standard InChI is InChI=1S/C66H94N20O13S2/c67-26-4-3-12-46-62(97)86-30-8-15-53(86)61(96)83-49(33-38-19-24-43(88)25-20-38)57(92)84-51(59(94)80-47(63(98)99)14-7-29-77-66(73)74)35-100-101-36-52(60(95)82-48(56(91)79-46)32-37-17-22-42(87)23-18-37)85-58(93)50(34-39-16-21-40-9-1-2-10-41(40)31-39)81-55(90)45(13-6-28-76-65(71)72)78-54(89)44(68)11-5-27-75-64(69)70/h1-2,9-10,16-25,31,44-53,87-88H,3-8,11-15,26-30,32-36,67-68H2,(H,78,89)(H,79,91)(H,80,94)(H,81,90)(H,82,95)(H,83,96)(H,84,92)(H,85,93)(H,98,99)(H4,69,70,75)(H4,71,72,76)(H4,73,74,77)/t44-,45-,46+,47-,48-,49-,50-,51-,52-,53-/m0/s1. The number of aliphatic carboxylic acids is 1. The number of carboxylic acids is 1. The lowest BCUT2D eigenvalue weighted by molar-refractivity contribution is -0.143. The molecular formula is C66H94N20O13S2. The highest BCUT2D eigenvalue weighted by atomic mass is 33.1. The minimum absolute atomic E-state index is 0.0104. The smallest absolute Gasteiger partial charge is 0.326 e. The van der Waals surface area contributed by atoms with Crippen molar-refractivity contribution in [1.82, 2.24) is 47.4 Å². The molecule has 33 nitrogen and oxygen atoms in total. The van der Waals surface area contributed by atoms with Crippen molar-refractivity contribution in [2.75, 3.05) is 44.2 Å². The summed E-state index contributed by atoms with van der Waals surface area (Å²) in [5.41, 5.74) is 46.8. The van der Waals surface area contributed by atoms with Gasteiger partial charge in [-0.1, -0.05) is 88.3 Å². The highest BCUT2D eigenvalue weighted by molar-refractivity contribution is 8.76. The zero-order valence-corrected chi connectivity index (χ0v) is 57.6. The van der Waals surface area contributed by atoms with Gasteiger partial charge < -0.3 is 109 Å². The number of carbonyl (C=O) groups excluding carboxylic acids is 9. The van der Waals surface area contributed by atoms with Crippen LogP contribution in [-0.4, -0.2) is 202 Å². The van der Waals surface area contributed by atoms with Crippen LogP contribution in [0.4, 0.5) is 0 Å². The van der Waals surface area contributed by atoms with E-state index < -0.39 is 125 Å². The van der Waals surface area contributed by atoms with E-state index in [1.807, 2.05) is 36.4 Å². The molecule has 0 spiro atoms. The number of unbranched alkanes of at least 4 members (excludes halogenated alkanes) is 1. The summed E-state index contributed by atoms with van der Waals surface area (Å²) in [7, 11) is 1.81. The first-order chi connectivity index (χ1) is 48.3. The van der Waals surface area contributed by atoms with Gasteiger partial charge in [-0.2, -0.15) is 0 Å². The molecule has 0 saturated carbocycles. The number of rotatable bonds is 31. The van der Waals surface area contributed by atoms with Crippen molar-refractivity contribution in [3.05, 3.63) is 108 Å². The molecule has 2 aliphatic rings. The van der Waals surface area contributed by atoms with Gasteiger partial charge in [0.1, 0.15) is 65.9 Å². The predicted octanol–water partition coefficient (Wildman–Crippen LogP) is -2.76. The molecule has 0 unspecified atom stereocenters. The summed E-state index contributed by atoms with van der Waals surface area (Å²) in [4.78, 5) is 159. The van der Waals surface area contributed by atoms with Crippen molar-refractivity contribution < 1.29 is 63.3 Å². The quantitative estimate of drug-likeness (QED) is 0.0105. The summed E-state index contributed by atoms with van der Waals surface area (Å²) in [6, 6.07) is 9.94. The number of amides is 9. The number of carboxylic acid groups (broad SMARTS) is 1. The Bertz CT molecular complexity index is 3580. The molecule has 6 rings (SSSR count). The molecule has 0 radical (unpaired) electrons. The lowest BCUT2D eigenvalue weighted by Gasteiger charge is -2.31. The number of carbonyl (C=O) groups is 10. The average molecular weight is 1440 g/mol. The highest BCUT2D eigenvalue weighted by Gasteiger charge is 2.41. The SMILES string of the molecule is NCCCC[C@H]1NC(=O)[C@H](Cc2ccc(O)cc2)NC(=O)[C@@H](NC(=O)[C@H](Cc2ccc3ccccc3c2)NC(=O)[C@H](CCCN=C(N)N)NC(=O)[C@@H](N)CCCN=C(N)N)CSSC[C@@H](C(=O)N[C@@H](CCCN=C(N)N)C(=O)O)NC(=O)[C@H](Cc2ccc(O)cc2)NC(=O)[C@@H]2CCCN2C1=O. The second-order valence-corrected chi connectivity index (χ2v) is 27.0. The molecule has 548 valence electrons. The van der Waals surface area contributed by atoms with Gasteiger partial charge in [-0.3, -0.25) is 58.1 Å². The molecule has 2 heterocycles. The van der Waals surface area contributed by atoms with Crippen LogP contribution in [0.5, 0.6) is 11.5 Å². The van der Waals surface area contributed by atoms with E-state index in [2.05, 4.69) is 57.5 Å². The molecule has 101 heavy (non-hydrogen) atoms. The van der Waals surface area contributed by atoms with Gasteiger partial charge in [0.25, 0.3) is 0 Å². The molecule has 4 aromatic rings. The van der Waals surface area contributed by atoms with E-state index in [0.29, 0.717) is 42.4 Å². The molecule has 27 N–H and O–H groups in total. The van der Waals surface area contributed by atoms with Crippen LogP contribution in [0.15, 0.2) is 106 Å². The Morgan fingerprint density at radius 1 is 0.564 bits per heavy atom. The molecule has 0 bridgehead atoms. The van der Waals surface area contributed by atoms with Crippen LogP contribution in [0.1, 0.15) is 87.3 Å². The second kappa shape index (κ2) is 40.8. The van der Waals surface area contributed by atoms with Crippen LogP contribution in [0.3, 0.4) is 0 Å². The van der Waals surface area contributed by atoms with E-state index in [1.165, 1.54) is 53.4 Å². The number of hydrogen-bond donors (Lipinski definition) is 19. The first-order valence-corrected chi connectivity index (χ1v) is 35.6. The van der Waals surface area contributed by atoms with Crippen LogP contribution >= 0.6 is 21.6 Å². The lowest BCUT2D eigenvalue weighted by atomic mass is 10.00. The molecule has 10 atom stereocenters. The Morgan fingerprint density at radius 3 is 1.67 bits per heavy atom. The van der Waals surface area contributed by atoms with Crippen LogP contribution in [0, 0.1) is 0 Å². The third kappa shape index (κ3) is 26.8. The zero-order valence-electron chi connectivity index (χ0n) is 55.9. The molecule has 2 saturated heterocycles. The summed E-state index contributed by atoms with van der Waals surface area (Å²) < 4.78 is 0. The van der Waals surface area contributed by atoms with E-state index in [0.717, 1.165) is 32.4 Å². The first kappa shape index (κ1) is 79.9. The molecule has 9 amide bonds. The molecular weight excluding hydrogens is 1340 g/mol. The van der Waals surface area contributed by atoms with E-state index in [9.17, 15) is 44.1 Å². The van der Waals surface area contributed by atoms with E-state index in [-0.39, 0.29) is 132 Å². The molecule has 0 aromatic heterocycles. The summed E-state index contributed by atoms with van der Waals surface area (Å²) in [5, 5.41) is 54.2. The van der Waals surface area contributed by atoms with Crippen LogP contribution in [0.25, 0.3) is 10.8 Å². The number of aromatic hydroxyl groups is 2. The third-order valence-corrected chi connectivity index (χ3v) is 19.0. The number of nitrogens with one attached hydrogen (secondary N) is 8. The van der Waals surface area contributed by atoms with E-state index in [4.69, 9.17) is 45.9 Å². The Balaban J connectivity index is 1.45. The molecule has 35 heteroatoms. The van der Waals surface area contributed by atoms with Gasteiger partial charge >= 0.3 is 5.97 Å². The van der Waals surface area contributed by atoms with Crippen LogP contribution in [-0.2, 0) is 67.2 Å². The number of aliphatic imine (C=N–C) groups is 3. The number of phenols is 2. The number of fused-ring (bicyclic) bond motifs is 2. The fraction of sp³-hybridized carbons (Fsp3) is 0.470. The maximum absolute atomic E-state index is 15.4. The van der Waals surface area contributed by atoms with Crippen molar-refractivity contribution in [2.45, 2.75) is 150 Å². The van der Waals surface area contributed by atoms with Gasteiger partial charge in [-0.25, -0.2) is 4.79 Å². The Labute approximate surface area is 591 Å². The van der Waals surface area contributed by atoms with Gasteiger partial charge in [0.15, 0.2) is 17.9 Å². The highest BCUT2D eigenvalue weighted by Crippen LogP contribution is 2.26. The summed E-state index contributed by atoms with van der Waals surface area (Å²) >= 11 is 0. The fourth-order valence-corrected chi connectivity index (χ4v) is 13.5. The van der Waals surface area contributed by atoms with Crippen molar-refractivity contribution in [1.29, 1.82) is 0 Å². The largest absolute Gasteiger partial charge is 0.508 e. The minimum atomic E-state index is -1.65. The zero-order chi connectivity index (χ0) is 73.5. The normalized spacial score (nSPS) is 19.7. The van der Waals surface area contributed by atoms with Crippen molar-refractivity contribution in [2.24, 2.45) is 60.8 Å². The topological polar surface area (TPSA) is 576 Å². The Morgan fingerprint density at radius 2 is 1.09 bits per heavy atom. The summed E-state index contributed by atoms with van der Waals surface area (Å²) in [6.07, 6.45) is 0.970. The average Bonchev–Trinajstić information content (AvgIpc) is 1.74. The van der Waals surface area contributed by atoms with Crippen molar-refractivity contribution in [3.8, 4) is 11.5 Å². The van der Waals surface area contributed by atoms with Gasteiger partial charge in [0, 0.05) is 56.9 Å². The fourth-order valence-electron chi connectivity index (χ4n) is 11.2. The molecule has 4 aromatic carbocycles. The molecule has 0 aliphatic carbocycles. The minimum Gasteiger partial charge on any atom is -0.508 e. The number of hydrogen-bond acceptors (Lipinski definition) is 19. The summed E-state index contributed by atoms with van der Waals surface area (Å²) in [5.74, 6) is -10.7. The van der Waals surface area contributed by atoms with Gasteiger partial charge in [-0.05, 0) is 129 Å². The molecule has 2 fully saturated rings. The Kier molecular flexibility index (Phi) is 32.3. The maximum atomic E-state index is 15.4. The summed E-state index contributed by atoms with van der Waals surface area (Å²) in [6.45, 7) is 0.488. The van der Waals surface area contributed by atoms with Crippen molar-refractivity contribution >= 4 is 109 Å². The third-order valence-electron chi connectivity index (χ3n) is 16.6. The predicted molar refractivity (Wildman–Crippen MR) is 385 cm³/mol. The van der Waals surface area contributed by atoms with Crippen LogP contribution < -0.4 is 88.4 Å². The number of phenolic OH excluding ortho intramolecular Hbond substituents is 2. The number of nitrogens with zero attached hydrogens (tertiary/aromatic N) is 4. The monoisotopic (exact) mass is 1440 g/mol. The van der Waals surface area contributed by atoms with E-state index in [1.54, 1.807) is 6.07 Å². The van der Waals surface area contributed by atoms with E-state index >= 15 is 19.2 Å². The molecule has 2 aliphatic heterocycles. The lowest BCUT2D eigenvalue weighted by Crippen LogP contribution is -2.61. The maximum Gasteiger partial charge on any atom is 0.326 e. The number of benzene rings is 4. The number of guanidine groups is 3. The second-order valence-electron chi connectivity index (χ2n) is 24.5. The van der Waals surface area contributed by atoms with Gasteiger partial charge in [0.05, 0.1) is 6.04 Å². The van der Waals surface area contributed by atoms with Gasteiger partial charge in [-0.15, -0.1) is 0 Å². The van der Waals surface area contributed by atoms with Crippen molar-refractivity contribution in [3.63, 3.8) is 0 Å². The van der Waals surface area contributed by atoms with Gasteiger partial charge in [0.2, 0.25) is 53.2 Å². The number of nitrogens with two attached hydrogens (primary N) is 8. The van der Waals surface area contributed by atoms with Crippen LogP contribution in [0.2, 0.25) is 0 Å². The first-order valence-electron chi connectivity index (χ1n) is 33.1.